The molecule has 2 N–H and O–H groups in total. The minimum absolute atomic E-state index is 0.00104. The lowest BCUT2D eigenvalue weighted by Crippen LogP contribution is -2.30. The van der Waals surface area contributed by atoms with Gasteiger partial charge in [-0.2, -0.15) is 0 Å². The number of thiocarbonyl (C=S) groups is 1. The highest BCUT2D eigenvalue weighted by atomic mass is 32.1. The van der Waals surface area contributed by atoms with Crippen molar-refractivity contribution in [1.82, 2.24) is 19.9 Å². The van der Waals surface area contributed by atoms with Crippen LogP contribution >= 0.6 is 12.2 Å². The molecule has 0 radical (unpaired) electrons. The number of anilines is 2. The zero-order valence-corrected chi connectivity index (χ0v) is 19.9. The zero-order chi connectivity index (χ0) is 24.2. The molecule has 5 rings (SSSR count). The number of nitrogens with zero attached hydrogens (tertiary/aromatic N) is 4. The van der Waals surface area contributed by atoms with Crippen molar-refractivity contribution in [3.63, 3.8) is 0 Å². The third kappa shape index (κ3) is 4.64. The molecule has 176 valence electrons. The number of carbonyl (C=O) groups excluding carboxylic acids is 1. The van der Waals surface area contributed by atoms with Gasteiger partial charge in [-0.05, 0) is 72.9 Å². The maximum absolute atomic E-state index is 11.9. The smallest absolute Gasteiger partial charge is 0.250 e. The third-order valence-corrected chi connectivity index (χ3v) is 6.12. The quantitative estimate of drug-likeness (QED) is 0.383. The van der Waals surface area contributed by atoms with Gasteiger partial charge < -0.3 is 24.8 Å². The standard InChI is InChI=1S/C26H24N6O2S/c1-34-17-23(33)29-18-9-11-19(12-10-18)32-25(24(30-26(32)35)21-7-2-3-14-28-21)22-8-5-15-31(22)20-6-4-13-27-16-20/h2-16,24-25H,17H2,1H3,(H,29,33)(H,30,35)/t24-,25-/m1/s1. The Morgan fingerprint density at radius 1 is 1.06 bits per heavy atom. The van der Waals surface area contributed by atoms with E-state index in [1.165, 1.54) is 7.11 Å². The summed E-state index contributed by atoms with van der Waals surface area (Å²) in [5, 5.41) is 6.90. The average Bonchev–Trinajstić information content (AvgIpc) is 3.50. The summed E-state index contributed by atoms with van der Waals surface area (Å²) >= 11 is 5.83. The molecule has 1 aliphatic rings. The van der Waals surface area contributed by atoms with Gasteiger partial charge in [-0.3, -0.25) is 14.8 Å². The van der Waals surface area contributed by atoms with Crippen LogP contribution in [0.15, 0.2) is 91.5 Å². The van der Waals surface area contributed by atoms with E-state index in [9.17, 15) is 4.79 Å². The first-order valence-electron chi connectivity index (χ1n) is 11.1. The maximum Gasteiger partial charge on any atom is 0.250 e. The second-order valence-corrected chi connectivity index (χ2v) is 8.43. The lowest BCUT2D eigenvalue weighted by molar-refractivity contribution is -0.119. The van der Waals surface area contributed by atoms with Gasteiger partial charge in [-0.25, -0.2) is 0 Å². The van der Waals surface area contributed by atoms with Crippen LogP contribution in [0.4, 0.5) is 11.4 Å². The zero-order valence-electron chi connectivity index (χ0n) is 19.0. The Kier molecular flexibility index (Phi) is 6.51. The number of amides is 1. The lowest BCUT2D eigenvalue weighted by Gasteiger charge is -2.29. The number of carbonyl (C=O) groups is 1. The van der Waals surface area contributed by atoms with E-state index in [2.05, 4.69) is 36.1 Å². The van der Waals surface area contributed by atoms with Gasteiger partial charge >= 0.3 is 0 Å². The van der Waals surface area contributed by atoms with Crippen LogP contribution in [0.1, 0.15) is 23.5 Å². The fraction of sp³-hybridized carbons (Fsp3) is 0.154. The fourth-order valence-corrected chi connectivity index (χ4v) is 4.68. The van der Waals surface area contributed by atoms with Crippen LogP contribution in [0.3, 0.4) is 0 Å². The number of aromatic nitrogens is 3. The van der Waals surface area contributed by atoms with Crippen molar-refractivity contribution in [2.45, 2.75) is 12.1 Å². The Hall–Kier alpha value is -4.08. The van der Waals surface area contributed by atoms with Crippen molar-refractivity contribution >= 4 is 34.6 Å². The molecule has 2 atom stereocenters. The molecule has 35 heavy (non-hydrogen) atoms. The van der Waals surface area contributed by atoms with E-state index in [1.54, 1.807) is 12.4 Å². The van der Waals surface area contributed by atoms with Gasteiger partial charge in [0.2, 0.25) is 5.91 Å². The molecule has 0 spiro atoms. The van der Waals surface area contributed by atoms with Crippen LogP contribution in [0.25, 0.3) is 5.69 Å². The number of hydrogen-bond acceptors (Lipinski definition) is 5. The van der Waals surface area contributed by atoms with Crippen LogP contribution < -0.4 is 15.5 Å². The highest BCUT2D eigenvalue weighted by Gasteiger charge is 2.42. The molecule has 9 heteroatoms. The maximum atomic E-state index is 11.9. The van der Waals surface area contributed by atoms with Gasteiger partial charge in [0.25, 0.3) is 0 Å². The molecule has 8 nitrogen and oxygen atoms in total. The second kappa shape index (κ2) is 10.0. The summed E-state index contributed by atoms with van der Waals surface area (Å²) in [5.41, 5.74) is 4.48. The summed E-state index contributed by atoms with van der Waals surface area (Å²) in [6.45, 7) is 0.00104. The van der Waals surface area contributed by atoms with Crippen molar-refractivity contribution in [3.8, 4) is 5.69 Å². The normalized spacial score (nSPS) is 17.3. The monoisotopic (exact) mass is 484 g/mol. The molecule has 1 aliphatic heterocycles. The Labute approximate surface area is 208 Å². The van der Waals surface area contributed by atoms with E-state index >= 15 is 0 Å². The molecule has 3 aromatic heterocycles. The van der Waals surface area contributed by atoms with Gasteiger partial charge in [-0.1, -0.05) is 6.07 Å². The number of benzene rings is 1. The molecule has 1 fully saturated rings. The fourth-order valence-electron chi connectivity index (χ4n) is 4.33. The van der Waals surface area contributed by atoms with Crippen LogP contribution in [0, 0.1) is 0 Å². The first-order chi connectivity index (χ1) is 17.2. The Morgan fingerprint density at radius 2 is 1.91 bits per heavy atom. The summed E-state index contributed by atoms with van der Waals surface area (Å²) in [6.07, 6.45) is 7.41. The summed E-state index contributed by atoms with van der Waals surface area (Å²) in [6, 6.07) is 21.2. The van der Waals surface area contributed by atoms with E-state index in [4.69, 9.17) is 17.0 Å². The van der Waals surface area contributed by atoms with Crippen molar-refractivity contribution in [3.05, 3.63) is 103 Å². The third-order valence-electron chi connectivity index (χ3n) is 5.81. The van der Waals surface area contributed by atoms with E-state index in [0.717, 1.165) is 22.8 Å². The summed E-state index contributed by atoms with van der Waals surface area (Å²) < 4.78 is 7.01. The summed E-state index contributed by atoms with van der Waals surface area (Å²) in [5.74, 6) is -0.207. The highest BCUT2D eigenvalue weighted by molar-refractivity contribution is 7.80. The second-order valence-electron chi connectivity index (χ2n) is 8.04. The average molecular weight is 485 g/mol. The number of hydrogen-bond donors (Lipinski definition) is 2. The van der Waals surface area contributed by atoms with Crippen molar-refractivity contribution in [2.75, 3.05) is 23.9 Å². The molecule has 0 aliphatic carbocycles. The Morgan fingerprint density at radius 3 is 2.63 bits per heavy atom. The van der Waals surface area contributed by atoms with E-state index in [0.29, 0.717) is 10.8 Å². The van der Waals surface area contributed by atoms with Gasteiger partial charge in [0.05, 0.1) is 23.6 Å². The van der Waals surface area contributed by atoms with Crippen LogP contribution in [-0.2, 0) is 9.53 Å². The van der Waals surface area contributed by atoms with Crippen LogP contribution in [-0.4, -0.2) is 39.3 Å². The molecule has 4 heterocycles. The predicted molar refractivity (Wildman–Crippen MR) is 138 cm³/mol. The number of ether oxygens (including phenoxy) is 1. The highest BCUT2D eigenvalue weighted by Crippen LogP contribution is 2.42. The molecular formula is C26H24N6O2S. The Bertz CT molecular complexity index is 1310. The number of pyridine rings is 2. The van der Waals surface area contributed by atoms with E-state index in [1.807, 2.05) is 73.1 Å². The molecule has 0 bridgehead atoms. The molecular weight excluding hydrogens is 460 g/mol. The lowest BCUT2D eigenvalue weighted by atomic mass is 10.0. The van der Waals surface area contributed by atoms with E-state index in [-0.39, 0.29) is 24.6 Å². The summed E-state index contributed by atoms with van der Waals surface area (Å²) in [4.78, 5) is 22.9. The molecule has 1 saturated heterocycles. The predicted octanol–water partition coefficient (Wildman–Crippen LogP) is 4.03. The largest absolute Gasteiger partial charge is 0.375 e. The van der Waals surface area contributed by atoms with Gasteiger partial charge in [0, 0.05) is 42.8 Å². The molecule has 1 amide bonds. The molecule has 4 aromatic rings. The van der Waals surface area contributed by atoms with Gasteiger partial charge in [0.1, 0.15) is 12.6 Å². The minimum atomic E-state index is -0.207. The summed E-state index contributed by atoms with van der Waals surface area (Å²) in [7, 11) is 1.49. The van der Waals surface area contributed by atoms with Crippen LogP contribution in [0.5, 0.6) is 0 Å². The first kappa shape index (κ1) is 22.7. The molecule has 1 aromatic carbocycles. The van der Waals surface area contributed by atoms with Crippen LogP contribution in [0.2, 0.25) is 0 Å². The number of rotatable bonds is 7. The topological polar surface area (TPSA) is 84.3 Å². The molecule has 0 unspecified atom stereocenters. The first-order valence-corrected chi connectivity index (χ1v) is 11.5. The van der Waals surface area contributed by atoms with Gasteiger partial charge in [-0.15, -0.1) is 0 Å². The minimum Gasteiger partial charge on any atom is -0.375 e. The van der Waals surface area contributed by atoms with Gasteiger partial charge in [0.15, 0.2) is 5.11 Å². The Balaban J connectivity index is 1.55. The van der Waals surface area contributed by atoms with E-state index < -0.39 is 0 Å². The van der Waals surface area contributed by atoms with Crippen molar-refractivity contribution in [2.24, 2.45) is 0 Å². The number of methoxy groups -OCH3 is 1. The SMILES string of the molecule is COCC(=O)Nc1ccc(N2C(=S)N[C@H](c3ccccn3)[C@H]2c2cccn2-c2cccnc2)cc1. The van der Waals surface area contributed by atoms with Crippen molar-refractivity contribution in [1.29, 1.82) is 0 Å². The number of nitrogens with one attached hydrogen (secondary N) is 2. The van der Waals surface area contributed by atoms with Crippen molar-refractivity contribution < 1.29 is 9.53 Å². The molecule has 0 saturated carbocycles.